The molecule has 1 rings (SSSR count). The van der Waals surface area contributed by atoms with Crippen LogP contribution in [0.15, 0.2) is 24.3 Å². The number of benzene rings is 1. The monoisotopic (exact) mass is 266 g/mol. The molecule has 1 aromatic rings. The summed E-state index contributed by atoms with van der Waals surface area (Å²) in [5.41, 5.74) is 1.19. The average molecular weight is 266 g/mol. The number of rotatable bonds is 6. The van der Waals surface area contributed by atoms with Crippen LogP contribution in [0, 0.1) is 5.41 Å². The number of hydrogen-bond acceptors (Lipinski definition) is 4. The maximum Gasteiger partial charge on any atom is 0.168 e. The Balaban J connectivity index is 2.64. The number of ketones is 1. The van der Waals surface area contributed by atoms with E-state index < -0.39 is 11.5 Å². The quantitative estimate of drug-likeness (QED) is 0.770. The van der Waals surface area contributed by atoms with Crippen LogP contribution in [0.3, 0.4) is 0 Å². The molecule has 4 nitrogen and oxygen atoms in total. The Hall–Kier alpha value is -1.23. The molecular weight excluding hydrogens is 244 g/mol. The van der Waals surface area contributed by atoms with Gasteiger partial charge in [-0.1, -0.05) is 45.0 Å². The number of aliphatic hydroxyl groups excluding tert-OH is 2. The van der Waals surface area contributed by atoms with Gasteiger partial charge in [-0.15, -0.1) is 0 Å². The Bertz CT molecular complexity index is 399. The van der Waals surface area contributed by atoms with Crippen LogP contribution in [-0.4, -0.2) is 35.3 Å². The highest BCUT2D eigenvalue weighted by molar-refractivity contribution is 5.99. The zero-order chi connectivity index (χ0) is 14.5. The second-order valence-electron chi connectivity index (χ2n) is 5.57. The Morgan fingerprint density at radius 2 is 1.68 bits per heavy atom. The summed E-state index contributed by atoms with van der Waals surface area (Å²) in [6, 6.07) is 7.20. The van der Waals surface area contributed by atoms with Crippen LogP contribution >= 0.6 is 0 Å². The first-order chi connectivity index (χ1) is 8.88. The molecule has 0 saturated carbocycles. The predicted molar refractivity (Wildman–Crippen MR) is 73.0 cm³/mol. The van der Waals surface area contributed by atoms with Crippen molar-refractivity contribution >= 4 is 5.78 Å². The lowest BCUT2D eigenvalue weighted by atomic mass is 9.86. The summed E-state index contributed by atoms with van der Waals surface area (Å²) in [7, 11) is 0. The van der Waals surface area contributed by atoms with Crippen molar-refractivity contribution in [2.75, 3.05) is 13.2 Å². The molecule has 4 heteroatoms. The van der Waals surface area contributed by atoms with Gasteiger partial charge in [-0.2, -0.15) is 0 Å². The van der Waals surface area contributed by atoms with Crippen LogP contribution in [0.4, 0.5) is 0 Å². The van der Waals surface area contributed by atoms with Crippen molar-refractivity contribution < 1.29 is 19.7 Å². The second kappa shape index (κ2) is 6.80. The summed E-state index contributed by atoms with van der Waals surface area (Å²) in [6.45, 7) is 5.54. The van der Waals surface area contributed by atoms with Crippen molar-refractivity contribution in [3.63, 3.8) is 0 Å². The third-order valence-corrected chi connectivity index (χ3v) is 2.79. The van der Waals surface area contributed by atoms with E-state index in [0.717, 1.165) is 5.56 Å². The normalized spacial score (nSPS) is 11.9. The van der Waals surface area contributed by atoms with Crippen molar-refractivity contribution in [2.24, 2.45) is 5.41 Å². The molecule has 0 fully saturated rings. The Morgan fingerprint density at radius 3 is 2.11 bits per heavy atom. The highest BCUT2D eigenvalue weighted by Crippen LogP contribution is 2.21. The van der Waals surface area contributed by atoms with Crippen molar-refractivity contribution in [1.82, 2.24) is 0 Å². The van der Waals surface area contributed by atoms with Gasteiger partial charge in [-0.3, -0.25) is 4.79 Å². The molecule has 0 radical (unpaired) electrons. The van der Waals surface area contributed by atoms with E-state index in [1.54, 1.807) is 12.1 Å². The lowest BCUT2D eigenvalue weighted by molar-refractivity contribution is -0.0284. The van der Waals surface area contributed by atoms with Gasteiger partial charge in [0.2, 0.25) is 0 Å². The molecule has 1 aromatic carbocycles. The van der Waals surface area contributed by atoms with Crippen molar-refractivity contribution in [3.05, 3.63) is 35.4 Å². The first-order valence-electron chi connectivity index (χ1n) is 6.35. The number of ether oxygens (including phenoxy) is 1. The highest BCUT2D eigenvalue weighted by atomic mass is 16.5. The highest BCUT2D eigenvalue weighted by Gasteiger charge is 2.22. The van der Waals surface area contributed by atoms with Crippen LogP contribution in [0.25, 0.3) is 0 Å². The number of carbonyl (C=O) groups is 1. The van der Waals surface area contributed by atoms with Gasteiger partial charge in [0.25, 0.3) is 0 Å². The lowest BCUT2D eigenvalue weighted by Gasteiger charge is -2.17. The van der Waals surface area contributed by atoms with Gasteiger partial charge in [-0.25, -0.2) is 0 Å². The molecule has 0 aliphatic heterocycles. The Morgan fingerprint density at radius 1 is 1.16 bits per heavy atom. The van der Waals surface area contributed by atoms with E-state index in [1.165, 1.54) is 0 Å². The molecule has 0 aliphatic carbocycles. The summed E-state index contributed by atoms with van der Waals surface area (Å²) in [6.07, 6.45) is -0.559. The van der Waals surface area contributed by atoms with Gasteiger partial charge in [0.15, 0.2) is 5.78 Å². The largest absolute Gasteiger partial charge is 0.394 e. The molecule has 0 spiro atoms. The molecule has 19 heavy (non-hydrogen) atoms. The minimum Gasteiger partial charge on any atom is -0.394 e. The fraction of sp³-hybridized carbons (Fsp3) is 0.533. The van der Waals surface area contributed by atoms with E-state index in [2.05, 4.69) is 0 Å². The van der Waals surface area contributed by atoms with E-state index in [4.69, 9.17) is 14.9 Å². The smallest absolute Gasteiger partial charge is 0.168 e. The maximum atomic E-state index is 12.0. The Kier molecular flexibility index (Phi) is 5.66. The molecule has 0 aromatic heterocycles. The van der Waals surface area contributed by atoms with Gasteiger partial charge in [0.1, 0.15) is 6.10 Å². The van der Waals surface area contributed by atoms with E-state index in [-0.39, 0.29) is 19.0 Å². The van der Waals surface area contributed by atoms with Crippen LogP contribution < -0.4 is 0 Å². The Labute approximate surface area is 114 Å². The fourth-order valence-electron chi connectivity index (χ4n) is 1.56. The topological polar surface area (TPSA) is 66.8 Å². The summed E-state index contributed by atoms with van der Waals surface area (Å²) in [5, 5.41) is 17.8. The van der Waals surface area contributed by atoms with Crippen LogP contribution in [0.2, 0.25) is 0 Å². The van der Waals surface area contributed by atoms with Crippen LogP contribution in [0.5, 0.6) is 0 Å². The van der Waals surface area contributed by atoms with E-state index in [0.29, 0.717) is 12.2 Å². The first kappa shape index (κ1) is 15.8. The molecule has 0 saturated heterocycles. The molecule has 0 unspecified atom stereocenters. The second-order valence-corrected chi connectivity index (χ2v) is 5.57. The summed E-state index contributed by atoms with van der Waals surface area (Å²) >= 11 is 0. The number of hydrogen-bond donors (Lipinski definition) is 2. The number of Topliss-reactive ketones (excluding diaryl/α,β-unsaturated/α-hetero) is 1. The van der Waals surface area contributed by atoms with Gasteiger partial charge in [0.05, 0.1) is 19.8 Å². The van der Waals surface area contributed by atoms with Gasteiger partial charge >= 0.3 is 0 Å². The molecule has 2 N–H and O–H groups in total. The van der Waals surface area contributed by atoms with E-state index in [9.17, 15) is 4.79 Å². The first-order valence-corrected chi connectivity index (χ1v) is 6.35. The van der Waals surface area contributed by atoms with Gasteiger partial charge in [0, 0.05) is 11.0 Å². The van der Waals surface area contributed by atoms with Crippen LogP contribution in [0.1, 0.15) is 36.7 Å². The minimum atomic E-state index is -0.559. The van der Waals surface area contributed by atoms with Gasteiger partial charge in [-0.05, 0) is 5.56 Å². The zero-order valence-electron chi connectivity index (χ0n) is 11.7. The van der Waals surface area contributed by atoms with Crippen LogP contribution in [-0.2, 0) is 11.3 Å². The standard InChI is InChI=1S/C15H22O4/c1-15(2,3)14(18)12-6-4-11(5-7-12)10-19-13(8-16)9-17/h4-7,13,16-17H,8-10H2,1-3H3. The molecule has 0 atom stereocenters. The third-order valence-electron chi connectivity index (χ3n) is 2.79. The predicted octanol–water partition coefficient (Wildman–Crippen LogP) is 1.79. The molecule has 0 heterocycles. The lowest BCUT2D eigenvalue weighted by Crippen LogP contribution is -2.22. The molecular formula is C15H22O4. The molecule has 0 amide bonds. The summed E-state index contributed by atoms with van der Waals surface area (Å²) < 4.78 is 5.31. The number of aliphatic hydroxyl groups is 2. The third kappa shape index (κ3) is 4.74. The maximum absolute atomic E-state index is 12.0. The van der Waals surface area contributed by atoms with E-state index >= 15 is 0 Å². The average Bonchev–Trinajstić information content (AvgIpc) is 2.39. The fourth-order valence-corrected chi connectivity index (χ4v) is 1.56. The SMILES string of the molecule is CC(C)(C)C(=O)c1ccc(COC(CO)CO)cc1. The van der Waals surface area contributed by atoms with E-state index in [1.807, 2.05) is 32.9 Å². The minimum absolute atomic E-state index is 0.101. The summed E-state index contributed by atoms with van der Waals surface area (Å²) in [4.78, 5) is 12.0. The molecule has 106 valence electrons. The number of carbonyl (C=O) groups excluding carboxylic acids is 1. The van der Waals surface area contributed by atoms with Gasteiger partial charge < -0.3 is 14.9 Å². The van der Waals surface area contributed by atoms with Crippen molar-refractivity contribution in [1.29, 1.82) is 0 Å². The molecule has 0 bridgehead atoms. The zero-order valence-corrected chi connectivity index (χ0v) is 11.7. The molecule has 0 aliphatic rings. The van der Waals surface area contributed by atoms with Crippen molar-refractivity contribution in [3.8, 4) is 0 Å². The summed E-state index contributed by atoms with van der Waals surface area (Å²) in [5.74, 6) is 0.101. The van der Waals surface area contributed by atoms with Crippen molar-refractivity contribution in [2.45, 2.75) is 33.5 Å².